The highest BCUT2D eigenvalue weighted by atomic mass is 35.5. The first-order valence-corrected chi connectivity index (χ1v) is 14.5. The zero-order chi connectivity index (χ0) is 33.2. The van der Waals surface area contributed by atoms with Crippen LogP contribution in [0.1, 0.15) is 28.3 Å². The van der Waals surface area contributed by atoms with Crippen LogP contribution in [0.4, 0.5) is 18.9 Å². The van der Waals surface area contributed by atoms with Gasteiger partial charge in [-0.15, -0.1) is 0 Å². The summed E-state index contributed by atoms with van der Waals surface area (Å²) < 4.78 is 44.5. The second kappa shape index (κ2) is 12.9. The molecule has 2 aromatic heterocycles. The number of anilines is 1. The van der Waals surface area contributed by atoms with Crippen molar-refractivity contribution in [2.75, 3.05) is 11.9 Å². The number of likely N-dealkylation sites (tertiary alicyclic amines) is 1. The van der Waals surface area contributed by atoms with Crippen molar-refractivity contribution in [3.05, 3.63) is 107 Å². The molecule has 6 rings (SSSR count). The molecule has 3 N–H and O–H groups in total. The van der Waals surface area contributed by atoms with E-state index in [0.29, 0.717) is 27.1 Å². The lowest BCUT2D eigenvalue weighted by atomic mass is 10.0. The van der Waals surface area contributed by atoms with E-state index in [-0.39, 0.29) is 35.7 Å². The number of benzene rings is 3. The molecule has 10 nitrogen and oxygen atoms in total. The summed E-state index contributed by atoms with van der Waals surface area (Å²) in [6.07, 6.45) is 0.153. The number of nitrogens with one attached hydrogen (secondary N) is 1. The molecule has 236 valence electrons. The summed E-state index contributed by atoms with van der Waals surface area (Å²) in [6, 6.07) is 14.5. The normalized spacial score (nSPS) is 15.7. The van der Waals surface area contributed by atoms with Gasteiger partial charge in [0.25, 0.3) is 5.91 Å². The van der Waals surface area contributed by atoms with Gasteiger partial charge >= 0.3 is 0 Å². The minimum atomic E-state index is -1.50. The molecule has 1 fully saturated rings. The first-order chi connectivity index (χ1) is 22.6. The summed E-state index contributed by atoms with van der Waals surface area (Å²) >= 11 is 6.24. The molecule has 1 saturated heterocycles. The van der Waals surface area contributed by atoms with Gasteiger partial charge in [-0.25, -0.2) is 23.1 Å². The third kappa shape index (κ3) is 6.49. The Hall–Kier alpha value is -5.74. The summed E-state index contributed by atoms with van der Waals surface area (Å²) in [5, 5.41) is 7.31. The monoisotopic (exact) mass is 657 g/mol. The number of alkyl halides is 1. The van der Waals surface area contributed by atoms with Gasteiger partial charge in [0.1, 0.15) is 18.8 Å². The van der Waals surface area contributed by atoms with E-state index < -0.39 is 48.1 Å². The number of rotatable bonds is 6. The molecule has 0 aliphatic carbocycles. The van der Waals surface area contributed by atoms with Crippen molar-refractivity contribution in [3.8, 4) is 23.0 Å². The molecular weight excluding hydrogens is 635 g/mol. The molecule has 0 bridgehead atoms. The summed E-state index contributed by atoms with van der Waals surface area (Å²) in [5.41, 5.74) is 6.63. The molecule has 1 aliphatic heterocycles. The van der Waals surface area contributed by atoms with E-state index in [1.54, 1.807) is 42.5 Å². The number of primary amides is 1. The van der Waals surface area contributed by atoms with Gasteiger partial charge in [0, 0.05) is 33.5 Å². The van der Waals surface area contributed by atoms with Crippen molar-refractivity contribution < 1.29 is 27.6 Å². The molecule has 5 aromatic rings. The van der Waals surface area contributed by atoms with E-state index in [0.717, 1.165) is 17.3 Å². The van der Waals surface area contributed by atoms with Crippen LogP contribution in [0.2, 0.25) is 5.02 Å². The Morgan fingerprint density at radius 2 is 1.74 bits per heavy atom. The van der Waals surface area contributed by atoms with E-state index in [1.807, 2.05) is 0 Å². The molecular formula is C33H23ClF3N7O3. The molecule has 14 heteroatoms. The van der Waals surface area contributed by atoms with Crippen LogP contribution in [0.3, 0.4) is 0 Å². The number of carbonyl (C=O) groups is 3. The summed E-state index contributed by atoms with van der Waals surface area (Å²) in [6.45, 7) is -0.822. The van der Waals surface area contributed by atoms with Crippen molar-refractivity contribution in [3.63, 3.8) is 0 Å². The van der Waals surface area contributed by atoms with E-state index in [2.05, 4.69) is 32.2 Å². The second-order valence-electron chi connectivity index (χ2n) is 10.6. The largest absolute Gasteiger partial charge is 0.364 e. The van der Waals surface area contributed by atoms with E-state index >= 15 is 4.39 Å². The molecule has 2 atom stereocenters. The van der Waals surface area contributed by atoms with Crippen LogP contribution in [-0.2, 0) is 16.1 Å². The Morgan fingerprint density at radius 3 is 2.49 bits per heavy atom. The molecule has 3 heterocycles. The van der Waals surface area contributed by atoms with Gasteiger partial charge in [-0.3, -0.25) is 19.1 Å². The Bertz CT molecular complexity index is 2110. The minimum absolute atomic E-state index is 0.0781. The van der Waals surface area contributed by atoms with Crippen molar-refractivity contribution in [2.45, 2.75) is 25.2 Å². The molecule has 1 aliphatic rings. The van der Waals surface area contributed by atoms with Gasteiger partial charge in [0.2, 0.25) is 17.6 Å². The zero-order valence-electron chi connectivity index (χ0n) is 24.3. The highest BCUT2D eigenvalue weighted by Crippen LogP contribution is 2.33. The molecule has 47 heavy (non-hydrogen) atoms. The van der Waals surface area contributed by atoms with E-state index in [1.165, 1.54) is 22.9 Å². The van der Waals surface area contributed by atoms with Crippen LogP contribution < -0.4 is 11.1 Å². The van der Waals surface area contributed by atoms with Crippen molar-refractivity contribution in [1.82, 2.24) is 24.6 Å². The number of nitrogens with two attached hydrogens (primary N) is 1. The van der Waals surface area contributed by atoms with Crippen LogP contribution in [0.15, 0.2) is 73.1 Å². The zero-order valence-corrected chi connectivity index (χ0v) is 25.0. The molecule has 2 unspecified atom stereocenters. The van der Waals surface area contributed by atoms with Crippen molar-refractivity contribution >= 4 is 45.9 Å². The Morgan fingerprint density at radius 1 is 1.00 bits per heavy atom. The van der Waals surface area contributed by atoms with E-state index in [9.17, 15) is 23.2 Å². The summed E-state index contributed by atoms with van der Waals surface area (Å²) in [5.74, 6) is 1.93. The predicted octanol–water partition coefficient (Wildman–Crippen LogP) is 4.50. The smallest absolute Gasteiger partial charge is 0.269 e. The molecule has 3 aromatic carbocycles. The average Bonchev–Trinajstić information content (AvgIpc) is 3.62. The second-order valence-corrected chi connectivity index (χ2v) is 11.0. The highest BCUT2D eigenvalue weighted by molar-refractivity contribution is 6.33. The SMILES string of the molecule is NC(=O)c1nn(CC(=O)N2CC(F)CC2C(=O)Nc2cccc(-c3ccccc3Cl)c2F)c2ccc(C#Cc3ncc(F)cn3)cc12. The first-order valence-electron chi connectivity index (χ1n) is 14.2. The molecule has 0 radical (unpaired) electrons. The van der Waals surface area contributed by atoms with E-state index in [4.69, 9.17) is 17.3 Å². The van der Waals surface area contributed by atoms with Crippen LogP contribution >= 0.6 is 11.6 Å². The Kier molecular flexibility index (Phi) is 8.60. The van der Waals surface area contributed by atoms with Gasteiger partial charge in [-0.05, 0) is 36.3 Å². The Balaban J connectivity index is 1.23. The van der Waals surface area contributed by atoms with Gasteiger partial charge in [-0.2, -0.15) is 5.10 Å². The van der Waals surface area contributed by atoms with Gasteiger partial charge in [0.05, 0.1) is 30.1 Å². The van der Waals surface area contributed by atoms with Gasteiger partial charge in [-0.1, -0.05) is 47.9 Å². The molecule has 0 saturated carbocycles. The maximum absolute atomic E-state index is 15.5. The number of halogens is 4. The van der Waals surface area contributed by atoms with Crippen molar-refractivity contribution in [1.29, 1.82) is 0 Å². The number of fused-ring (bicyclic) bond motifs is 1. The lowest BCUT2D eigenvalue weighted by Gasteiger charge is -2.24. The van der Waals surface area contributed by atoms with Crippen LogP contribution in [-0.4, -0.2) is 61.1 Å². The average molecular weight is 658 g/mol. The Labute approximate surface area is 270 Å². The number of aromatic nitrogens is 4. The quantitative estimate of drug-likeness (QED) is 0.258. The van der Waals surface area contributed by atoms with Gasteiger partial charge < -0.3 is 16.0 Å². The fraction of sp³-hybridized carbons (Fsp3) is 0.152. The predicted molar refractivity (Wildman–Crippen MR) is 167 cm³/mol. The third-order valence-corrected chi connectivity index (χ3v) is 7.83. The fourth-order valence-electron chi connectivity index (χ4n) is 5.32. The fourth-order valence-corrected chi connectivity index (χ4v) is 5.56. The maximum Gasteiger partial charge on any atom is 0.269 e. The minimum Gasteiger partial charge on any atom is -0.364 e. The topological polar surface area (TPSA) is 136 Å². The lowest BCUT2D eigenvalue weighted by Crippen LogP contribution is -2.44. The number of hydrogen-bond donors (Lipinski definition) is 2. The van der Waals surface area contributed by atoms with Crippen LogP contribution in [0.5, 0.6) is 0 Å². The third-order valence-electron chi connectivity index (χ3n) is 7.50. The van der Waals surface area contributed by atoms with Gasteiger partial charge in [0.15, 0.2) is 17.3 Å². The highest BCUT2D eigenvalue weighted by Gasteiger charge is 2.40. The summed E-state index contributed by atoms with van der Waals surface area (Å²) in [7, 11) is 0. The first kappa shape index (κ1) is 31.3. The standard InChI is InChI=1S/C33H23ClF3N7O3/c34-24-6-2-1-4-21(24)22-5-3-7-25(30(22)37)41-33(47)27-13-19(35)16-43(27)29(45)17-44-26-10-8-18(12-23(26)31(42-44)32(38)46)9-11-28-39-14-20(36)15-40-28/h1-8,10,12,14-15,19,27H,13,16-17H2,(H2,38,46)(H,41,47). The van der Waals surface area contributed by atoms with Crippen LogP contribution in [0, 0.1) is 23.5 Å². The number of carbonyl (C=O) groups excluding carboxylic acids is 3. The van der Waals surface area contributed by atoms with Crippen molar-refractivity contribution in [2.24, 2.45) is 5.73 Å². The number of hydrogen-bond acceptors (Lipinski definition) is 6. The van der Waals surface area contributed by atoms with Crippen LogP contribution in [0.25, 0.3) is 22.0 Å². The number of nitrogens with zero attached hydrogens (tertiary/aromatic N) is 5. The molecule has 0 spiro atoms. The maximum atomic E-state index is 15.5. The lowest BCUT2D eigenvalue weighted by molar-refractivity contribution is -0.137. The molecule has 3 amide bonds. The number of amides is 3. The summed E-state index contributed by atoms with van der Waals surface area (Å²) in [4.78, 5) is 47.7.